The van der Waals surface area contributed by atoms with Gasteiger partial charge in [-0.05, 0) is 26.0 Å². The number of nitro benzene ring substituents is 1. The first-order valence-corrected chi connectivity index (χ1v) is 5.61. The van der Waals surface area contributed by atoms with Crippen molar-refractivity contribution in [2.24, 2.45) is 0 Å². The van der Waals surface area contributed by atoms with Crippen molar-refractivity contribution in [3.8, 4) is 6.07 Å². The molecule has 0 aliphatic rings. The van der Waals surface area contributed by atoms with E-state index in [0.29, 0.717) is 0 Å². The van der Waals surface area contributed by atoms with E-state index in [1.165, 1.54) is 12.1 Å². The minimum atomic E-state index is -0.716. The number of rotatable bonds is 5. The van der Waals surface area contributed by atoms with E-state index in [9.17, 15) is 14.9 Å². The number of nitro groups is 1. The van der Waals surface area contributed by atoms with Gasteiger partial charge in [-0.1, -0.05) is 0 Å². The summed E-state index contributed by atoms with van der Waals surface area (Å²) < 4.78 is 4.80. The van der Waals surface area contributed by atoms with Gasteiger partial charge in [0.1, 0.15) is 11.7 Å². The van der Waals surface area contributed by atoms with Crippen molar-refractivity contribution in [3.05, 3.63) is 33.9 Å². The van der Waals surface area contributed by atoms with Gasteiger partial charge in [0, 0.05) is 6.07 Å². The van der Waals surface area contributed by atoms with Crippen LogP contribution in [-0.4, -0.2) is 23.5 Å². The summed E-state index contributed by atoms with van der Waals surface area (Å²) in [6, 6.07) is 5.09. The monoisotopic (exact) mass is 263 g/mol. The van der Waals surface area contributed by atoms with Crippen LogP contribution in [0.1, 0.15) is 19.4 Å². The Balaban J connectivity index is 2.98. The molecule has 19 heavy (non-hydrogen) atoms. The van der Waals surface area contributed by atoms with E-state index in [1.54, 1.807) is 13.8 Å². The summed E-state index contributed by atoms with van der Waals surface area (Å²) in [5, 5.41) is 22.3. The van der Waals surface area contributed by atoms with Gasteiger partial charge in [-0.3, -0.25) is 10.1 Å². The second-order valence-corrected chi connectivity index (χ2v) is 3.72. The number of esters is 1. The molecule has 7 nitrogen and oxygen atoms in total. The van der Waals surface area contributed by atoms with E-state index in [0.717, 1.165) is 6.07 Å². The molecular weight excluding hydrogens is 250 g/mol. The van der Waals surface area contributed by atoms with Crippen LogP contribution in [0.4, 0.5) is 11.4 Å². The number of nitrogens with one attached hydrogen (secondary N) is 1. The average Bonchev–Trinajstić information content (AvgIpc) is 2.39. The second kappa shape index (κ2) is 6.35. The van der Waals surface area contributed by atoms with Gasteiger partial charge in [0.25, 0.3) is 5.69 Å². The van der Waals surface area contributed by atoms with Gasteiger partial charge >= 0.3 is 5.97 Å². The average molecular weight is 263 g/mol. The molecule has 0 saturated carbocycles. The minimum absolute atomic E-state index is 0.171. The fourth-order valence-corrected chi connectivity index (χ4v) is 1.43. The van der Waals surface area contributed by atoms with Gasteiger partial charge < -0.3 is 10.1 Å². The molecule has 1 atom stereocenters. The van der Waals surface area contributed by atoms with Crippen molar-refractivity contribution in [3.63, 3.8) is 0 Å². The van der Waals surface area contributed by atoms with Crippen molar-refractivity contribution in [2.75, 3.05) is 11.9 Å². The summed E-state index contributed by atoms with van der Waals surface area (Å²) >= 11 is 0. The number of carbonyl (C=O) groups excluding carboxylic acids is 1. The summed E-state index contributed by atoms with van der Waals surface area (Å²) in [6.45, 7) is 3.45. The lowest BCUT2D eigenvalue weighted by atomic mass is 10.1. The molecule has 1 aromatic rings. The Morgan fingerprint density at radius 3 is 2.84 bits per heavy atom. The lowest BCUT2D eigenvalue weighted by Crippen LogP contribution is -2.28. The van der Waals surface area contributed by atoms with Crippen molar-refractivity contribution >= 4 is 17.3 Å². The zero-order valence-electron chi connectivity index (χ0n) is 10.5. The smallest absolute Gasteiger partial charge is 0.328 e. The van der Waals surface area contributed by atoms with Gasteiger partial charge in [-0.25, -0.2) is 4.79 Å². The van der Waals surface area contributed by atoms with Crippen LogP contribution >= 0.6 is 0 Å². The Morgan fingerprint density at radius 2 is 2.32 bits per heavy atom. The number of carbonyl (C=O) groups is 1. The van der Waals surface area contributed by atoms with Crippen LogP contribution in [0, 0.1) is 21.4 Å². The highest BCUT2D eigenvalue weighted by Crippen LogP contribution is 2.26. The topological polar surface area (TPSA) is 105 Å². The largest absolute Gasteiger partial charge is 0.464 e. The molecule has 0 radical (unpaired) electrons. The molecule has 1 unspecified atom stereocenters. The van der Waals surface area contributed by atoms with Crippen LogP contribution in [-0.2, 0) is 9.53 Å². The number of benzene rings is 1. The first-order valence-electron chi connectivity index (χ1n) is 5.61. The summed E-state index contributed by atoms with van der Waals surface area (Å²) in [7, 11) is 0. The van der Waals surface area contributed by atoms with Crippen LogP contribution in [0.5, 0.6) is 0 Å². The third kappa shape index (κ3) is 3.67. The second-order valence-electron chi connectivity index (χ2n) is 3.72. The number of hydrogen-bond donors (Lipinski definition) is 1. The molecule has 1 rings (SSSR count). The van der Waals surface area contributed by atoms with E-state index in [-0.39, 0.29) is 23.5 Å². The number of nitrogens with zero attached hydrogens (tertiary/aromatic N) is 2. The van der Waals surface area contributed by atoms with Gasteiger partial charge in [0.15, 0.2) is 0 Å². The maximum Gasteiger partial charge on any atom is 0.328 e. The maximum atomic E-state index is 11.4. The molecule has 7 heteroatoms. The number of nitriles is 1. The third-order valence-electron chi connectivity index (χ3n) is 2.34. The van der Waals surface area contributed by atoms with Crippen molar-refractivity contribution < 1.29 is 14.5 Å². The molecule has 0 aliphatic carbocycles. The first kappa shape index (κ1) is 14.4. The summed E-state index contributed by atoms with van der Waals surface area (Å²) in [5.74, 6) is -0.499. The fourth-order valence-electron chi connectivity index (χ4n) is 1.43. The summed E-state index contributed by atoms with van der Waals surface area (Å²) in [5.41, 5.74) is 0.0980. The number of anilines is 1. The van der Waals surface area contributed by atoms with Gasteiger partial charge in [-0.15, -0.1) is 0 Å². The summed E-state index contributed by atoms with van der Waals surface area (Å²) in [4.78, 5) is 21.7. The predicted octanol–water partition coefficient (Wildman–Crippen LogP) is 1.83. The molecule has 0 amide bonds. The van der Waals surface area contributed by atoms with Gasteiger partial charge in [0.05, 0.1) is 23.2 Å². The number of hydrogen-bond acceptors (Lipinski definition) is 6. The Morgan fingerprint density at radius 1 is 1.63 bits per heavy atom. The van der Waals surface area contributed by atoms with E-state index < -0.39 is 16.9 Å². The molecule has 0 heterocycles. The van der Waals surface area contributed by atoms with Crippen LogP contribution in [0.25, 0.3) is 0 Å². The van der Waals surface area contributed by atoms with Crippen molar-refractivity contribution in [2.45, 2.75) is 19.9 Å². The van der Waals surface area contributed by atoms with Crippen LogP contribution in [0.15, 0.2) is 18.2 Å². The molecular formula is C12H13N3O4. The Kier molecular flexibility index (Phi) is 4.83. The van der Waals surface area contributed by atoms with Crippen LogP contribution in [0.2, 0.25) is 0 Å². The SMILES string of the molecule is CCOC(=O)C(C)Nc1ccc(C#N)cc1[N+](=O)[O-]. The first-order chi connectivity index (χ1) is 8.99. The Hall–Kier alpha value is -2.62. The van der Waals surface area contributed by atoms with Crippen molar-refractivity contribution in [1.29, 1.82) is 5.26 Å². The molecule has 0 fully saturated rings. The van der Waals surface area contributed by atoms with Gasteiger partial charge in [0.2, 0.25) is 0 Å². The van der Waals surface area contributed by atoms with Crippen LogP contribution in [0.3, 0.4) is 0 Å². The molecule has 1 aromatic carbocycles. The Labute approximate surface area is 109 Å². The highest BCUT2D eigenvalue weighted by molar-refractivity contribution is 5.80. The lowest BCUT2D eigenvalue weighted by molar-refractivity contribution is -0.384. The van der Waals surface area contributed by atoms with E-state index in [4.69, 9.17) is 10.00 Å². The molecule has 100 valence electrons. The van der Waals surface area contributed by atoms with Gasteiger partial charge in [-0.2, -0.15) is 5.26 Å². The summed E-state index contributed by atoms with van der Waals surface area (Å²) in [6.07, 6.45) is 0. The van der Waals surface area contributed by atoms with Crippen molar-refractivity contribution in [1.82, 2.24) is 0 Å². The maximum absolute atomic E-state index is 11.4. The standard InChI is InChI=1S/C12H13N3O4/c1-3-19-12(16)8(2)14-10-5-4-9(7-13)6-11(10)15(17)18/h4-6,8,14H,3H2,1-2H3. The lowest BCUT2D eigenvalue weighted by Gasteiger charge is -2.13. The third-order valence-corrected chi connectivity index (χ3v) is 2.34. The molecule has 0 spiro atoms. The molecule has 0 aromatic heterocycles. The zero-order valence-corrected chi connectivity index (χ0v) is 10.5. The van der Waals surface area contributed by atoms with E-state index >= 15 is 0 Å². The quantitative estimate of drug-likeness (QED) is 0.493. The van der Waals surface area contributed by atoms with E-state index in [1.807, 2.05) is 6.07 Å². The molecule has 0 bridgehead atoms. The minimum Gasteiger partial charge on any atom is -0.464 e. The fraction of sp³-hybridized carbons (Fsp3) is 0.333. The predicted molar refractivity (Wildman–Crippen MR) is 67.5 cm³/mol. The molecule has 0 saturated heterocycles. The zero-order chi connectivity index (χ0) is 14.4. The molecule has 1 N–H and O–H groups in total. The number of ether oxygens (including phenoxy) is 1. The molecule has 0 aliphatic heterocycles. The van der Waals surface area contributed by atoms with E-state index in [2.05, 4.69) is 5.32 Å². The highest BCUT2D eigenvalue weighted by Gasteiger charge is 2.20. The normalized spacial score (nSPS) is 11.2. The highest BCUT2D eigenvalue weighted by atomic mass is 16.6. The van der Waals surface area contributed by atoms with Crippen LogP contribution < -0.4 is 5.32 Å². The Bertz CT molecular complexity index is 536.